The van der Waals surface area contributed by atoms with Gasteiger partial charge in [-0.2, -0.15) is 13.2 Å². The number of aromatic nitrogens is 1. The minimum Gasteiger partial charge on any atom is -0.497 e. The van der Waals surface area contributed by atoms with Crippen molar-refractivity contribution in [3.8, 4) is 5.75 Å². The third-order valence-corrected chi connectivity index (χ3v) is 10.5. The monoisotopic (exact) mass is 697 g/mol. The van der Waals surface area contributed by atoms with Gasteiger partial charge in [-0.1, -0.05) is 41.3 Å². The lowest BCUT2D eigenvalue weighted by Gasteiger charge is -2.30. The maximum atomic E-state index is 14.1. The molecular formula is C33H26F3N3O7S2. The molecule has 6 rings (SSSR count). The lowest BCUT2D eigenvalue weighted by atomic mass is 9.83. The van der Waals surface area contributed by atoms with Crippen molar-refractivity contribution in [3.63, 3.8) is 0 Å². The van der Waals surface area contributed by atoms with E-state index in [0.29, 0.717) is 21.2 Å². The summed E-state index contributed by atoms with van der Waals surface area (Å²) in [5.74, 6) is -3.45. The van der Waals surface area contributed by atoms with E-state index in [2.05, 4.69) is 5.32 Å². The van der Waals surface area contributed by atoms with Gasteiger partial charge in [0.15, 0.2) is 0 Å². The van der Waals surface area contributed by atoms with Gasteiger partial charge >= 0.3 is 17.0 Å². The molecule has 2 unspecified atom stereocenters. The summed E-state index contributed by atoms with van der Waals surface area (Å²) in [5, 5.41) is 1.75. The van der Waals surface area contributed by atoms with Crippen LogP contribution in [0.1, 0.15) is 39.2 Å². The van der Waals surface area contributed by atoms with Gasteiger partial charge in [0, 0.05) is 16.5 Å². The highest BCUT2D eigenvalue weighted by Gasteiger charge is 2.56. The molecule has 2 aliphatic heterocycles. The first-order chi connectivity index (χ1) is 22.9. The van der Waals surface area contributed by atoms with Gasteiger partial charge in [0.1, 0.15) is 17.5 Å². The number of methoxy groups -OCH3 is 1. The predicted octanol–water partition coefficient (Wildman–Crippen LogP) is 5.55. The SMILES string of the molecule is CCOC(=O)c1ccc(N2C(=O)C3Sc4c(sc(=O)n4CC(=O)Nc4cccc(C(F)(F)F)c4)[C@H](c4ccc(OC)cc4)C3C2=O)cc1. The van der Waals surface area contributed by atoms with Crippen LogP contribution in [0.25, 0.3) is 0 Å². The van der Waals surface area contributed by atoms with Crippen LogP contribution in [0.5, 0.6) is 5.75 Å². The van der Waals surface area contributed by atoms with Crippen LogP contribution in [0.15, 0.2) is 82.6 Å². The molecule has 10 nitrogen and oxygen atoms in total. The largest absolute Gasteiger partial charge is 0.497 e. The lowest BCUT2D eigenvalue weighted by molar-refractivity contribution is -0.137. The van der Waals surface area contributed by atoms with Gasteiger partial charge in [-0.3, -0.25) is 23.7 Å². The van der Waals surface area contributed by atoms with Crippen LogP contribution >= 0.6 is 23.1 Å². The van der Waals surface area contributed by atoms with E-state index < -0.39 is 63.9 Å². The summed E-state index contributed by atoms with van der Waals surface area (Å²) in [6, 6.07) is 16.9. The Hall–Kier alpha value is -4.89. The van der Waals surface area contributed by atoms with Gasteiger partial charge < -0.3 is 14.8 Å². The predicted molar refractivity (Wildman–Crippen MR) is 172 cm³/mol. The molecule has 3 heterocycles. The summed E-state index contributed by atoms with van der Waals surface area (Å²) >= 11 is 1.83. The van der Waals surface area contributed by atoms with Crippen LogP contribution in [-0.4, -0.2) is 47.2 Å². The van der Waals surface area contributed by atoms with Crippen molar-refractivity contribution >= 4 is 58.2 Å². The van der Waals surface area contributed by atoms with E-state index in [1.807, 2.05) is 0 Å². The summed E-state index contributed by atoms with van der Waals surface area (Å²) < 4.78 is 51.1. The Morgan fingerprint density at radius 1 is 0.958 bits per heavy atom. The number of carbonyl (C=O) groups excluding carboxylic acids is 4. The number of ether oxygens (including phenoxy) is 2. The number of benzene rings is 3. The molecule has 1 saturated heterocycles. The van der Waals surface area contributed by atoms with E-state index in [9.17, 15) is 37.1 Å². The second-order valence-electron chi connectivity index (χ2n) is 10.8. The summed E-state index contributed by atoms with van der Waals surface area (Å²) in [7, 11) is 1.50. The zero-order chi connectivity index (χ0) is 34.3. The number of halogens is 3. The van der Waals surface area contributed by atoms with Crippen molar-refractivity contribution in [2.24, 2.45) is 5.92 Å². The summed E-state index contributed by atoms with van der Waals surface area (Å²) in [5.41, 5.74) is 0.0885. The Kier molecular flexibility index (Phi) is 8.92. The third-order valence-electron chi connectivity index (χ3n) is 7.94. The topological polar surface area (TPSA) is 124 Å². The molecule has 2 aliphatic rings. The number of hydrogen-bond acceptors (Lipinski definition) is 9. The summed E-state index contributed by atoms with van der Waals surface area (Å²) in [6.45, 7) is 1.31. The standard InChI is InChI=1S/C33H26F3N3O7S2/c1-3-46-31(43)18-7-11-21(12-8-18)39-28(41)25-24(17-9-13-22(45-2)14-10-17)27-30(47-26(25)29(39)42)38(32(44)48-27)16-23(40)37-20-6-4-5-19(15-20)33(34,35)36/h4-15,24-26H,3,16H2,1-2H3,(H,37,40)/t24-,25?,26?/m1/s1. The van der Waals surface area contributed by atoms with E-state index >= 15 is 0 Å². The van der Waals surface area contributed by atoms with Crippen molar-refractivity contribution in [2.75, 3.05) is 23.9 Å². The van der Waals surface area contributed by atoms with Gasteiger partial charge in [-0.15, -0.1) is 0 Å². The Morgan fingerprint density at radius 3 is 2.31 bits per heavy atom. The average Bonchev–Trinajstić information content (AvgIpc) is 3.50. The van der Waals surface area contributed by atoms with E-state index in [0.717, 1.165) is 46.2 Å². The fraction of sp³-hybridized carbons (Fsp3) is 0.242. The molecule has 1 fully saturated rings. The molecule has 0 bridgehead atoms. The smallest absolute Gasteiger partial charge is 0.416 e. The second-order valence-corrected chi connectivity index (χ2v) is 13.0. The number of imide groups is 1. The maximum absolute atomic E-state index is 14.1. The quantitative estimate of drug-likeness (QED) is 0.188. The third kappa shape index (κ3) is 6.10. The average molecular weight is 698 g/mol. The molecule has 4 aromatic rings. The second kappa shape index (κ2) is 13.0. The first-order valence-electron chi connectivity index (χ1n) is 14.6. The molecule has 3 aromatic carbocycles. The van der Waals surface area contributed by atoms with Crippen molar-refractivity contribution in [3.05, 3.63) is 104 Å². The Morgan fingerprint density at radius 2 is 1.67 bits per heavy atom. The Labute approximate surface area is 279 Å². The highest BCUT2D eigenvalue weighted by atomic mass is 32.2. The zero-order valence-electron chi connectivity index (χ0n) is 25.3. The number of thiazole rings is 1. The molecule has 0 radical (unpaired) electrons. The minimum atomic E-state index is -4.62. The molecule has 1 aromatic heterocycles. The molecule has 3 amide bonds. The fourth-order valence-electron chi connectivity index (χ4n) is 5.76. The number of nitrogens with zero attached hydrogens (tertiary/aromatic N) is 2. The number of alkyl halides is 3. The number of nitrogens with one attached hydrogen (secondary N) is 1. The van der Waals surface area contributed by atoms with Gasteiger partial charge in [0.05, 0.1) is 41.5 Å². The van der Waals surface area contributed by atoms with E-state index in [4.69, 9.17) is 9.47 Å². The first-order valence-corrected chi connectivity index (χ1v) is 16.3. The number of hydrogen-bond donors (Lipinski definition) is 1. The normalized spacial score (nSPS) is 18.7. The van der Waals surface area contributed by atoms with Crippen molar-refractivity contribution in [2.45, 2.75) is 35.8 Å². The molecule has 3 atom stereocenters. The first kappa shape index (κ1) is 33.0. The molecule has 0 spiro atoms. The zero-order valence-corrected chi connectivity index (χ0v) is 26.9. The molecule has 0 saturated carbocycles. The number of esters is 1. The van der Waals surface area contributed by atoms with Gasteiger partial charge in [0.2, 0.25) is 17.7 Å². The minimum absolute atomic E-state index is 0.100. The number of thioether (sulfide) groups is 1. The van der Waals surface area contributed by atoms with E-state index in [1.165, 1.54) is 42.0 Å². The number of carbonyl (C=O) groups is 4. The molecule has 15 heteroatoms. The van der Waals surface area contributed by atoms with Gasteiger partial charge in [-0.05, 0) is 67.1 Å². The number of fused-ring (bicyclic) bond motifs is 2. The maximum Gasteiger partial charge on any atom is 0.416 e. The molecule has 248 valence electrons. The highest BCUT2D eigenvalue weighted by molar-refractivity contribution is 8.00. The highest BCUT2D eigenvalue weighted by Crippen LogP contribution is 2.54. The van der Waals surface area contributed by atoms with E-state index in [-0.39, 0.29) is 23.5 Å². The molecule has 48 heavy (non-hydrogen) atoms. The van der Waals surface area contributed by atoms with Crippen molar-refractivity contribution < 1.29 is 41.8 Å². The van der Waals surface area contributed by atoms with Gasteiger partial charge in [0.25, 0.3) is 0 Å². The molecule has 1 N–H and O–H groups in total. The van der Waals surface area contributed by atoms with Crippen LogP contribution in [0.3, 0.4) is 0 Å². The summed E-state index contributed by atoms with van der Waals surface area (Å²) in [4.78, 5) is 67.7. The van der Waals surface area contributed by atoms with Gasteiger partial charge in [-0.25, -0.2) is 9.69 Å². The lowest BCUT2D eigenvalue weighted by Crippen LogP contribution is -2.33. The van der Waals surface area contributed by atoms with Crippen LogP contribution < -0.4 is 19.8 Å². The number of amides is 3. The Balaban J connectivity index is 1.35. The van der Waals surface area contributed by atoms with E-state index in [1.54, 1.807) is 31.2 Å². The van der Waals surface area contributed by atoms with Crippen molar-refractivity contribution in [1.29, 1.82) is 0 Å². The number of rotatable bonds is 8. The summed E-state index contributed by atoms with van der Waals surface area (Å²) in [6.07, 6.45) is -4.62. The van der Waals surface area contributed by atoms with Crippen LogP contribution in [-0.2, 0) is 31.8 Å². The van der Waals surface area contributed by atoms with Crippen LogP contribution in [0, 0.1) is 5.92 Å². The van der Waals surface area contributed by atoms with Crippen molar-refractivity contribution in [1.82, 2.24) is 4.57 Å². The van der Waals surface area contributed by atoms with Crippen LogP contribution in [0.4, 0.5) is 24.5 Å². The molecular weight excluding hydrogens is 672 g/mol. The van der Waals surface area contributed by atoms with Crippen LogP contribution in [0.2, 0.25) is 0 Å². The molecule has 0 aliphatic carbocycles. The Bertz CT molecular complexity index is 1970. The number of anilines is 2. The fourth-order valence-corrected chi connectivity index (χ4v) is 8.53.